The molecule has 160 valence electrons. The molecule has 0 unspecified atom stereocenters. The summed E-state index contributed by atoms with van der Waals surface area (Å²) in [5.41, 5.74) is 0. The number of para-hydroxylation sites is 2. The number of nitrogens with zero attached hydrogens (tertiary/aromatic N) is 3. The van der Waals surface area contributed by atoms with Gasteiger partial charge < -0.3 is 14.8 Å². The molecular formula is C20H30ClN5O3. The lowest BCUT2D eigenvalue weighted by atomic mass is 9.98. The number of hydrogen-bond donors (Lipinski definition) is 2. The van der Waals surface area contributed by atoms with Crippen LogP contribution in [0.15, 0.2) is 24.3 Å². The minimum Gasteiger partial charge on any atom is -0.490 e. The van der Waals surface area contributed by atoms with Gasteiger partial charge in [-0.3, -0.25) is 10.1 Å². The standard InChI is InChI=1S/C20H29N5O3.ClH/c1-3-27-16-7-4-5-8-17(16)28-14-6-9-18(26)22-20-23-19(24-25(20)2)15-10-12-21-13-11-15;/h4-5,7-8,15,21H,3,6,9-14H2,1-2H3,(H,22,23,24,26);1H. The highest BCUT2D eigenvalue weighted by atomic mass is 35.5. The number of rotatable bonds is 9. The van der Waals surface area contributed by atoms with Crippen molar-refractivity contribution in [2.24, 2.45) is 7.05 Å². The molecule has 3 rings (SSSR count). The first kappa shape index (κ1) is 23.0. The van der Waals surface area contributed by atoms with Crippen LogP contribution in [0.3, 0.4) is 0 Å². The molecule has 1 fully saturated rings. The van der Waals surface area contributed by atoms with E-state index in [1.165, 1.54) is 0 Å². The number of nitrogens with one attached hydrogen (secondary N) is 2. The summed E-state index contributed by atoms with van der Waals surface area (Å²) in [5.74, 6) is 3.01. The number of piperidine rings is 1. The van der Waals surface area contributed by atoms with Gasteiger partial charge in [0.15, 0.2) is 17.3 Å². The number of carbonyl (C=O) groups is 1. The Balaban J connectivity index is 0.00000300. The van der Waals surface area contributed by atoms with Gasteiger partial charge in [0.25, 0.3) is 0 Å². The summed E-state index contributed by atoms with van der Waals surface area (Å²) in [7, 11) is 1.81. The van der Waals surface area contributed by atoms with E-state index in [9.17, 15) is 4.79 Å². The summed E-state index contributed by atoms with van der Waals surface area (Å²) in [5, 5.41) is 10.7. The molecule has 1 aliphatic rings. The number of aromatic nitrogens is 3. The Bertz CT molecular complexity index is 777. The molecule has 1 aromatic heterocycles. The average molecular weight is 424 g/mol. The number of carbonyl (C=O) groups excluding carboxylic acids is 1. The number of amides is 1. The summed E-state index contributed by atoms with van der Waals surface area (Å²) in [4.78, 5) is 16.8. The largest absolute Gasteiger partial charge is 0.490 e. The first-order valence-corrected chi connectivity index (χ1v) is 9.93. The molecule has 2 aromatic rings. The number of anilines is 1. The lowest BCUT2D eigenvalue weighted by Crippen LogP contribution is -2.27. The van der Waals surface area contributed by atoms with Crippen LogP contribution >= 0.6 is 12.4 Å². The molecule has 1 aliphatic heterocycles. The van der Waals surface area contributed by atoms with Crippen molar-refractivity contribution in [2.75, 3.05) is 31.6 Å². The van der Waals surface area contributed by atoms with Crippen LogP contribution in [0.1, 0.15) is 44.3 Å². The Morgan fingerprint density at radius 1 is 1.24 bits per heavy atom. The van der Waals surface area contributed by atoms with Gasteiger partial charge in [-0.2, -0.15) is 10.1 Å². The van der Waals surface area contributed by atoms with E-state index in [2.05, 4.69) is 20.7 Å². The SMILES string of the molecule is CCOc1ccccc1OCCCC(=O)Nc1nc(C2CCNCC2)nn1C.Cl. The predicted molar refractivity (Wildman–Crippen MR) is 114 cm³/mol. The lowest BCUT2D eigenvalue weighted by molar-refractivity contribution is -0.116. The van der Waals surface area contributed by atoms with Crippen LogP contribution in [0.4, 0.5) is 5.95 Å². The first-order valence-electron chi connectivity index (χ1n) is 9.93. The van der Waals surface area contributed by atoms with Gasteiger partial charge in [0.05, 0.1) is 13.2 Å². The van der Waals surface area contributed by atoms with Crippen molar-refractivity contribution < 1.29 is 14.3 Å². The predicted octanol–water partition coefficient (Wildman–Crippen LogP) is 2.90. The van der Waals surface area contributed by atoms with E-state index >= 15 is 0 Å². The highest BCUT2D eigenvalue weighted by Gasteiger charge is 2.21. The minimum absolute atomic E-state index is 0. The van der Waals surface area contributed by atoms with Crippen molar-refractivity contribution in [2.45, 2.75) is 38.5 Å². The molecule has 0 spiro atoms. The minimum atomic E-state index is -0.0888. The number of halogens is 1. The van der Waals surface area contributed by atoms with E-state index in [-0.39, 0.29) is 18.3 Å². The third-order valence-corrected chi connectivity index (χ3v) is 4.69. The fourth-order valence-electron chi connectivity index (χ4n) is 3.21. The Labute approximate surface area is 177 Å². The average Bonchev–Trinajstić information content (AvgIpc) is 3.07. The van der Waals surface area contributed by atoms with Crippen LogP contribution in [0.5, 0.6) is 11.5 Å². The summed E-state index contributed by atoms with van der Waals surface area (Å²) in [6, 6.07) is 7.55. The number of ether oxygens (including phenoxy) is 2. The van der Waals surface area contributed by atoms with Crippen LogP contribution in [0.2, 0.25) is 0 Å². The van der Waals surface area contributed by atoms with E-state index in [0.29, 0.717) is 43.7 Å². The van der Waals surface area contributed by atoms with E-state index in [1.807, 2.05) is 31.2 Å². The van der Waals surface area contributed by atoms with Gasteiger partial charge in [0.1, 0.15) is 0 Å². The zero-order valence-electron chi connectivity index (χ0n) is 17.0. The molecule has 1 amide bonds. The summed E-state index contributed by atoms with van der Waals surface area (Å²) >= 11 is 0. The van der Waals surface area contributed by atoms with Crippen molar-refractivity contribution in [1.29, 1.82) is 0 Å². The van der Waals surface area contributed by atoms with E-state index < -0.39 is 0 Å². The van der Waals surface area contributed by atoms with Gasteiger partial charge in [0, 0.05) is 19.4 Å². The molecule has 1 saturated heterocycles. The molecule has 0 bridgehead atoms. The second-order valence-electron chi connectivity index (χ2n) is 6.82. The smallest absolute Gasteiger partial charge is 0.227 e. The van der Waals surface area contributed by atoms with Crippen molar-refractivity contribution >= 4 is 24.3 Å². The zero-order chi connectivity index (χ0) is 19.8. The van der Waals surface area contributed by atoms with Gasteiger partial charge in [-0.05, 0) is 51.4 Å². The number of hydrogen-bond acceptors (Lipinski definition) is 6. The van der Waals surface area contributed by atoms with E-state index in [0.717, 1.165) is 37.5 Å². The second kappa shape index (κ2) is 11.6. The summed E-state index contributed by atoms with van der Waals surface area (Å²) in [6.45, 7) is 4.93. The van der Waals surface area contributed by atoms with Gasteiger partial charge in [0.2, 0.25) is 11.9 Å². The molecule has 0 radical (unpaired) electrons. The Kier molecular flexibility index (Phi) is 9.21. The molecule has 1 aromatic carbocycles. The van der Waals surface area contributed by atoms with E-state index in [1.54, 1.807) is 11.7 Å². The lowest BCUT2D eigenvalue weighted by Gasteiger charge is -2.19. The number of aryl methyl sites for hydroxylation is 1. The molecule has 0 atom stereocenters. The molecular weight excluding hydrogens is 394 g/mol. The highest BCUT2D eigenvalue weighted by Crippen LogP contribution is 2.26. The van der Waals surface area contributed by atoms with Crippen LogP contribution < -0.4 is 20.1 Å². The van der Waals surface area contributed by atoms with Crippen LogP contribution in [-0.2, 0) is 11.8 Å². The van der Waals surface area contributed by atoms with Crippen LogP contribution in [-0.4, -0.2) is 47.0 Å². The van der Waals surface area contributed by atoms with Crippen LogP contribution in [0, 0.1) is 0 Å². The van der Waals surface area contributed by atoms with Crippen molar-refractivity contribution in [3.63, 3.8) is 0 Å². The van der Waals surface area contributed by atoms with Crippen LogP contribution in [0.25, 0.3) is 0 Å². The molecule has 0 aliphatic carbocycles. The summed E-state index contributed by atoms with van der Waals surface area (Å²) in [6.07, 6.45) is 3.01. The maximum absolute atomic E-state index is 12.2. The van der Waals surface area contributed by atoms with Crippen molar-refractivity contribution in [1.82, 2.24) is 20.1 Å². The Morgan fingerprint density at radius 2 is 1.93 bits per heavy atom. The topological polar surface area (TPSA) is 90.3 Å². The van der Waals surface area contributed by atoms with Gasteiger partial charge >= 0.3 is 0 Å². The third kappa shape index (κ3) is 6.61. The third-order valence-electron chi connectivity index (χ3n) is 4.69. The summed E-state index contributed by atoms with van der Waals surface area (Å²) < 4.78 is 12.9. The first-order chi connectivity index (χ1) is 13.7. The fourth-order valence-corrected chi connectivity index (χ4v) is 3.21. The molecule has 0 saturated carbocycles. The van der Waals surface area contributed by atoms with Gasteiger partial charge in [-0.25, -0.2) is 4.68 Å². The Hall–Kier alpha value is -2.32. The van der Waals surface area contributed by atoms with Crippen molar-refractivity contribution in [3.8, 4) is 11.5 Å². The quantitative estimate of drug-likeness (QED) is 0.603. The fraction of sp³-hybridized carbons (Fsp3) is 0.550. The molecule has 9 heteroatoms. The maximum atomic E-state index is 12.2. The monoisotopic (exact) mass is 423 g/mol. The highest BCUT2D eigenvalue weighted by molar-refractivity contribution is 5.88. The Morgan fingerprint density at radius 3 is 2.62 bits per heavy atom. The normalized spacial score (nSPS) is 14.1. The zero-order valence-corrected chi connectivity index (χ0v) is 17.8. The molecule has 29 heavy (non-hydrogen) atoms. The van der Waals surface area contributed by atoms with Gasteiger partial charge in [-0.1, -0.05) is 12.1 Å². The molecule has 2 heterocycles. The van der Waals surface area contributed by atoms with E-state index in [4.69, 9.17) is 9.47 Å². The molecule has 2 N–H and O–H groups in total. The maximum Gasteiger partial charge on any atom is 0.227 e. The second-order valence-corrected chi connectivity index (χ2v) is 6.82. The van der Waals surface area contributed by atoms with Gasteiger partial charge in [-0.15, -0.1) is 12.4 Å². The number of benzene rings is 1. The van der Waals surface area contributed by atoms with Crippen molar-refractivity contribution in [3.05, 3.63) is 30.1 Å². The molecule has 8 nitrogen and oxygen atoms in total.